The quantitative estimate of drug-likeness (QED) is 0.839. The number of aromatic nitrogens is 1. The van der Waals surface area contributed by atoms with Crippen LogP contribution in [0, 0.1) is 0 Å². The highest BCUT2D eigenvalue weighted by molar-refractivity contribution is 7.89. The summed E-state index contributed by atoms with van der Waals surface area (Å²) in [6.45, 7) is 6.70. The molecule has 0 saturated carbocycles. The molecule has 1 amide bonds. The van der Waals surface area contributed by atoms with E-state index in [2.05, 4.69) is 4.98 Å². The Kier molecular flexibility index (Phi) is 4.69. The van der Waals surface area contributed by atoms with Crippen molar-refractivity contribution < 1.29 is 22.7 Å². The van der Waals surface area contributed by atoms with E-state index in [4.69, 9.17) is 9.47 Å². The second kappa shape index (κ2) is 6.47. The van der Waals surface area contributed by atoms with Crippen LogP contribution < -0.4 is 0 Å². The van der Waals surface area contributed by atoms with Crippen molar-refractivity contribution in [3.8, 4) is 0 Å². The van der Waals surface area contributed by atoms with Crippen LogP contribution in [-0.2, 0) is 19.5 Å². The monoisotopic (exact) mass is 357 g/mol. The molecule has 0 radical (unpaired) electrons. The van der Waals surface area contributed by atoms with Gasteiger partial charge in [-0.3, -0.25) is 4.79 Å². The molecule has 2 aliphatic rings. The third-order valence-electron chi connectivity index (χ3n) is 4.39. The number of nitrogens with one attached hydrogen (secondary N) is 1. The van der Waals surface area contributed by atoms with Crippen molar-refractivity contribution in [2.75, 3.05) is 46.1 Å². The predicted octanol–water partition coefficient (Wildman–Crippen LogP) is 0.287. The maximum Gasteiger partial charge on any atom is 0.270 e. The van der Waals surface area contributed by atoms with Crippen molar-refractivity contribution in [1.82, 2.24) is 14.2 Å². The summed E-state index contributed by atoms with van der Waals surface area (Å²) < 4.78 is 37.3. The van der Waals surface area contributed by atoms with E-state index in [9.17, 15) is 13.2 Å². The third-order valence-corrected chi connectivity index (χ3v) is 6.26. The molecule has 0 unspecified atom stereocenters. The van der Waals surface area contributed by atoms with E-state index in [1.165, 1.54) is 16.6 Å². The Hall–Kier alpha value is -1.42. The first-order chi connectivity index (χ1) is 11.3. The van der Waals surface area contributed by atoms with Crippen LogP contribution >= 0.6 is 0 Å². The number of hydrogen-bond donors (Lipinski definition) is 1. The summed E-state index contributed by atoms with van der Waals surface area (Å²) >= 11 is 0. The molecule has 1 aromatic rings. The number of carbonyl (C=O) groups excluding carboxylic acids is 1. The fourth-order valence-electron chi connectivity index (χ4n) is 2.96. The van der Waals surface area contributed by atoms with Gasteiger partial charge in [-0.15, -0.1) is 0 Å². The zero-order valence-electron chi connectivity index (χ0n) is 13.9. The number of hydrogen-bond acceptors (Lipinski definition) is 5. The van der Waals surface area contributed by atoms with Gasteiger partial charge in [-0.25, -0.2) is 8.42 Å². The van der Waals surface area contributed by atoms with Gasteiger partial charge in [-0.05, 0) is 19.9 Å². The van der Waals surface area contributed by atoms with Gasteiger partial charge in [-0.2, -0.15) is 4.31 Å². The molecule has 0 aliphatic carbocycles. The summed E-state index contributed by atoms with van der Waals surface area (Å²) in [5.74, 6) is -0.216. The van der Waals surface area contributed by atoms with Crippen LogP contribution in [0.15, 0.2) is 17.2 Å². The highest BCUT2D eigenvalue weighted by atomic mass is 32.2. The standard InChI is InChI=1S/C15H23N3O5S/c1-15(2)11-23-8-5-18(15)14(19)13-9-12(10-16-13)24(20,21)17-3-6-22-7-4-17/h9-10,16H,3-8,11H2,1-2H3. The largest absolute Gasteiger partial charge is 0.379 e. The van der Waals surface area contributed by atoms with Gasteiger partial charge >= 0.3 is 0 Å². The number of aromatic amines is 1. The first kappa shape index (κ1) is 17.4. The van der Waals surface area contributed by atoms with E-state index < -0.39 is 15.6 Å². The minimum absolute atomic E-state index is 0.110. The Morgan fingerprint density at radius 1 is 1.17 bits per heavy atom. The maximum atomic E-state index is 12.7. The van der Waals surface area contributed by atoms with E-state index >= 15 is 0 Å². The fourth-order valence-corrected chi connectivity index (χ4v) is 4.37. The van der Waals surface area contributed by atoms with Crippen molar-refractivity contribution in [3.63, 3.8) is 0 Å². The number of sulfonamides is 1. The average Bonchev–Trinajstić information content (AvgIpc) is 3.05. The smallest absolute Gasteiger partial charge is 0.270 e. The molecule has 0 bridgehead atoms. The lowest BCUT2D eigenvalue weighted by molar-refractivity contribution is -0.0372. The Morgan fingerprint density at radius 3 is 2.50 bits per heavy atom. The van der Waals surface area contributed by atoms with Gasteiger partial charge in [0.2, 0.25) is 10.0 Å². The summed E-state index contributed by atoms with van der Waals surface area (Å²) in [5, 5.41) is 0. The van der Waals surface area contributed by atoms with Gasteiger partial charge in [0.15, 0.2) is 0 Å². The molecule has 24 heavy (non-hydrogen) atoms. The van der Waals surface area contributed by atoms with Gasteiger partial charge in [0.05, 0.1) is 32.0 Å². The van der Waals surface area contributed by atoms with Crippen molar-refractivity contribution >= 4 is 15.9 Å². The van der Waals surface area contributed by atoms with Crippen molar-refractivity contribution in [1.29, 1.82) is 0 Å². The molecule has 9 heteroatoms. The normalized spacial score (nSPS) is 22.5. The predicted molar refractivity (Wildman–Crippen MR) is 86.3 cm³/mol. The molecule has 0 atom stereocenters. The minimum atomic E-state index is -3.61. The second-order valence-electron chi connectivity index (χ2n) is 6.59. The van der Waals surface area contributed by atoms with Gasteiger partial charge in [0, 0.05) is 25.8 Å². The van der Waals surface area contributed by atoms with Crippen LogP contribution in [0.5, 0.6) is 0 Å². The lowest BCUT2D eigenvalue weighted by Gasteiger charge is -2.41. The first-order valence-corrected chi connectivity index (χ1v) is 9.42. The third kappa shape index (κ3) is 3.21. The molecule has 2 saturated heterocycles. The zero-order chi connectivity index (χ0) is 17.4. The SMILES string of the molecule is CC1(C)COCCN1C(=O)c1cc(S(=O)(=O)N2CCOCC2)c[nH]1. The van der Waals surface area contributed by atoms with Gasteiger partial charge < -0.3 is 19.4 Å². The summed E-state index contributed by atoms with van der Waals surface area (Å²) in [6.07, 6.45) is 1.38. The molecular weight excluding hydrogens is 334 g/mol. The number of ether oxygens (including phenoxy) is 2. The summed E-state index contributed by atoms with van der Waals surface area (Å²) in [6, 6.07) is 1.42. The van der Waals surface area contributed by atoms with E-state index in [0.29, 0.717) is 46.1 Å². The lowest BCUT2D eigenvalue weighted by atomic mass is 10.0. The number of carbonyl (C=O) groups is 1. The molecule has 3 heterocycles. The Labute approximate surface area is 141 Å². The molecule has 2 aliphatic heterocycles. The number of rotatable bonds is 3. The Bertz CT molecular complexity index is 706. The molecule has 1 aromatic heterocycles. The van der Waals surface area contributed by atoms with Crippen LogP contribution in [0.1, 0.15) is 24.3 Å². The second-order valence-corrected chi connectivity index (χ2v) is 8.53. The molecule has 8 nitrogen and oxygen atoms in total. The topological polar surface area (TPSA) is 91.9 Å². The molecule has 2 fully saturated rings. The van der Waals surface area contributed by atoms with Crippen molar-refractivity contribution in [2.45, 2.75) is 24.3 Å². The first-order valence-electron chi connectivity index (χ1n) is 7.98. The molecular formula is C15H23N3O5S. The Balaban J connectivity index is 1.81. The summed E-state index contributed by atoms with van der Waals surface area (Å²) in [7, 11) is -3.61. The lowest BCUT2D eigenvalue weighted by Crippen LogP contribution is -2.55. The van der Waals surface area contributed by atoms with Crippen molar-refractivity contribution in [3.05, 3.63) is 18.0 Å². The van der Waals surface area contributed by atoms with Gasteiger partial charge in [-0.1, -0.05) is 0 Å². The molecule has 0 aromatic carbocycles. The average molecular weight is 357 g/mol. The van der Waals surface area contributed by atoms with Crippen LogP contribution in [0.2, 0.25) is 0 Å². The molecule has 134 valence electrons. The van der Waals surface area contributed by atoms with E-state index in [0.717, 1.165) is 0 Å². The fraction of sp³-hybridized carbons (Fsp3) is 0.667. The van der Waals surface area contributed by atoms with Crippen LogP contribution in [0.4, 0.5) is 0 Å². The molecule has 1 N–H and O–H groups in total. The number of morpholine rings is 2. The highest BCUT2D eigenvalue weighted by Crippen LogP contribution is 2.23. The number of amides is 1. The van der Waals surface area contributed by atoms with E-state index in [-0.39, 0.29) is 16.5 Å². The zero-order valence-corrected chi connectivity index (χ0v) is 14.8. The van der Waals surface area contributed by atoms with Crippen LogP contribution in [-0.4, -0.2) is 80.1 Å². The van der Waals surface area contributed by atoms with Crippen molar-refractivity contribution in [2.24, 2.45) is 0 Å². The van der Waals surface area contributed by atoms with Crippen LogP contribution in [0.25, 0.3) is 0 Å². The molecule has 0 spiro atoms. The number of nitrogens with zero attached hydrogens (tertiary/aromatic N) is 2. The molecule has 3 rings (SSSR count). The summed E-state index contributed by atoms with van der Waals surface area (Å²) in [4.78, 5) is 17.4. The van der Waals surface area contributed by atoms with Gasteiger partial charge in [0.1, 0.15) is 10.6 Å². The summed E-state index contributed by atoms with van der Waals surface area (Å²) in [5.41, 5.74) is -0.152. The van der Waals surface area contributed by atoms with E-state index in [1.54, 1.807) is 4.90 Å². The minimum Gasteiger partial charge on any atom is -0.379 e. The van der Waals surface area contributed by atoms with E-state index in [1.807, 2.05) is 13.8 Å². The Morgan fingerprint density at radius 2 is 1.83 bits per heavy atom. The number of H-pyrrole nitrogens is 1. The highest BCUT2D eigenvalue weighted by Gasteiger charge is 2.36. The van der Waals surface area contributed by atoms with Crippen LogP contribution in [0.3, 0.4) is 0 Å². The maximum absolute atomic E-state index is 12.7. The van der Waals surface area contributed by atoms with Gasteiger partial charge in [0.25, 0.3) is 5.91 Å².